The molecule has 0 aliphatic heterocycles. The van der Waals surface area contributed by atoms with Crippen LogP contribution in [0.4, 0.5) is 13.2 Å². The van der Waals surface area contributed by atoms with Crippen LogP contribution in [0.5, 0.6) is 0 Å². The van der Waals surface area contributed by atoms with E-state index in [2.05, 4.69) is 5.32 Å². The standard InChI is InChI=1S/C16H15ClF3N/c1-2-21-14(11-6-4-7-12(18)15(11)17)9-10-5-3-8-13(19)16(10)20/h3-8,14,21H,2,9H2,1H3. The number of halogens is 4. The molecule has 5 heteroatoms. The van der Waals surface area contributed by atoms with Crippen molar-refractivity contribution >= 4 is 11.6 Å². The Labute approximate surface area is 126 Å². The van der Waals surface area contributed by atoms with E-state index in [1.807, 2.05) is 6.92 Å². The Morgan fingerprint density at radius 2 is 1.71 bits per heavy atom. The second-order valence-corrected chi connectivity index (χ2v) is 5.05. The van der Waals surface area contributed by atoms with E-state index < -0.39 is 23.5 Å². The zero-order valence-electron chi connectivity index (χ0n) is 11.5. The minimum atomic E-state index is -0.895. The van der Waals surface area contributed by atoms with Crippen LogP contribution in [0.15, 0.2) is 36.4 Å². The second-order valence-electron chi connectivity index (χ2n) is 4.67. The molecule has 2 aromatic carbocycles. The molecule has 112 valence electrons. The Morgan fingerprint density at radius 1 is 1.05 bits per heavy atom. The Balaban J connectivity index is 2.35. The lowest BCUT2D eigenvalue weighted by atomic mass is 9.98. The van der Waals surface area contributed by atoms with E-state index >= 15 is 0 Å². The van der Waals surface area contributed by atoms with E-state index in [1.165, 1.54) is 18.2 Å². The lowest BCUT2D eigenvalue weighted by Gasteiger charge is -2.20. The average Bonchev–Trinajstić information content (AvgIpc) is 2.46. The van der Waals surface area contributed by atoms with Gasteiger partial charge >= 0.3 is 0 Å². The Hall–Kier alpha value is -1.52. The van der Waals surface area contributed by atoms with E-state index in [0.717, 1.165) is 6.07 Å². The Morgan fingerprint density at radius 3 is 2.43 bits per heavy atom. The number of rotatable bonds is 5. The van der Waals surface area contributed by atoms with Gasteiger partial charge in [-0.1, -0.05) is 42.8 Å². The van der Waals surface area contributed by atoms with Gasteiger partial charge in [0.15, 0.2) is 11.6 Å². The monoisotopic (exact) mass is 313 g/mol. The molecule has 0 bridgehead atoms. The molecule has 0 aromatic heterocycles. The number of nitrogens with one attached hydrogen (secondary N) is 1. The quantitative estimate of drug-likeness (QED) is 0.847. The van der Waals surface area contributed by atoms with Gasteiger partial charge in [0, 0.05) is 6.04 Å². The van der Waals surface area contributed by atoms with Gasteiger partial charge in [0.1, 0.15) is 5.82 Å². The van der Waals surface area contributed by atoms with E-state index in [0.29, 0.717) is 12.1 Å². The summed E-state index contributed by atoms with van der Waals surface area (Å²) in [4.78, 5) is 0. The van der Waals surface area contributed by atoms with Crippen molar-refractivity contribution in [3.63, 3.8) is 0 Å². The molecule has 0 saturated carbocycles. The SMILES string of the molecule is CCNC(Cc1cccc(F)c1F)c1cccc(F)c1Cl. The molecule has 1 N–H and O–H groups in total. The molecule has 0 amide bonds. The van der Waals surface area contributed by atoms with Crippen molar-refractivity contribution in [2.75, 3.05) is 6.54 Å². The van der Waals surface area contributed by atoms with Gasteiger partial charge in [-0.15, -0.1) is 0 Å². The number of hydrogen-bond acceptors (Lipinski definition) is 1. The summed E-state index contributed by atoms with van der Waals surface area (Å²) in [5.41, 5.74) is 0.753. The molecule has 0 aliphatic carbocycles. The highest BCUT2D eigenvalue weighted by Gasteiger charge is 2.19. The summed E-state index contributed by atoms with van der Waals surface area (Å²) in [6, 6.07) is 8.11. The Bertz CT molecular complexity index is 631. The van der Waals surface area contributed by atoms with Crippen molar-refractivity contribution in [1.82, 2.24) is 5.32 Å². The first kappa shape index (κ1) is 15.9. The van der Waals surface area contributed by atoms with Gasteiger partial charge < -0.3 is 5.32 Å². The van der Waals surface area contributed by atoms with Crippen LogP contribution in [0, 0.1) is 17.5 Å². The van der Waals surface area contributed by atoms with Gasteiger partial charge in [0.05, 0.1) is 5.02 Å². The van der Waals surface area contributed by atoms with Crippen LogP contribution in [-0.4, -0.2) is 6.54 Å². The van der Waals surface area contributed by atoms with Gasteiger partial charge in [-0.05, 0) is 36.2 Å². The second kappa shape index (κ2) is 6.96. The molecule has 0 radical (unpaired) electrons. The van der Waals surface area contributed by atoms with Gasteiger partial charge in [-0.25, -0.2) is 13.2 Å². The summed E-state index contributed by atoms with van der Waals surface area (Å²) in [6.07, 6.45) is 0.181. The molecule has 0 saturated heterocycles. The van der Waals surface area contributed by atoms with Crippen molar-refractivity contribution in [3.8, 4) is 0 Å². The fraction of sp³-hybridized carbons (Fsp3) is 0.250. The molecular formula is C16H15ClF3N. The maximum absolute atomic E-state index is 13.8. The minimum Gasteiger partial charge on any atom is -0.310 e. The zero-order chi connectivity index (χ0) is 15.4. The summed E-state index contributed by atoms with van der Waals surface area (Å²) in [5, 5.41) is 3.12. The summed E-state index contributed by atoms with van der Waals surface area (Å²) in [6.45, 7) is 2.47. The van der Waals surface area contributed by atoms with E-state index in [1.54, 1.807) is 12.1 Å². The molecule has 0 heterocycles. The van der Waals surface area contributed by atoms with Crippen LogP contribution in [-0.2, 0) is 6.42 Å². The van der Waals surface area contributed by atoms with Crippen LogP contribution >= 0.6 is 11.6 Å². The largest absolute Gasteiger partial charge is 0.310 e. The highest BCUT2D eigenvalue weighted by atomic mass is 35.5. The fourth-order valence-corrected chi connectivity index (χ4v) is 2.51. The number of benzene rings is 2. The summed E-state index contributed by atoms with van der Waals surface area (Å²) in [5.74, 6) is -2.31. The van der Waals surface area contributed by atoms with Crippen molar-refractivity contribution in [3.05, 3.63) is 70.0 Å². The molecule has 0 aliphatic rings. The highest BCUT2D eigenvalue weighted by molar-refractivity contribution is 6.31. The molecule has 1 nitrogen and oxygen atoms in total. The normalized spacial score (nSPS) is 12.4. The van der Waals surface area contributed by atoms with Crippen LogP contribution in [0.2, 0.25) is 5.02 Å². The lowest BCUT2D eigenvalue weighted by Crippen LogP contribution is -2.24. The minimum absolute atomic E-state index is 0.000242. The first-order valence-corrected chi connectivity index (χ1v) is 7.02. The topological polar surface area (TPSA) is 12.0 Å². The smallest absolute Gasteiger partial charge is 0.162 e. The lowest BCUT2D eigenvalue weighted by molar-refractivity contribution is 0.480. The molecule has 1 unspecified atom stereocenters. The van der Waals surface area contributed by atoms with Crippen molar-refractivity contribution in [2.45, 2.75) is 19.4 Å². The molecule has 2 rings (SSSR count). The van der Waals surface area contributed by atoms with E-state index in [9.17, 15) is 13.2 Å². The van der Waals surface area contributed by atoms with Crippen LogP contribution < -0.4 is 5.32 Å². The fourth-order valence-electron chi connectivity index (χ4n) is 2.25. The molecule has 0 spiro atoms. The first-order valence-electron chi connectivity index (χ1n) is 6.64. The number of hydrogen-bond donors (Lipinski definition) is 1. The van der Waals surface area contributed by atoms with Gasteiger partial charge in [0.2, 0.25) is 0 Å². The van der Waals surface area contributed by atoms with E-state index in [4.69, 9.17) is 11.6 Å². The van der Waals surface area contributed by atoms with Crippen LogP contribution in [0.3, 0.4) is 0 Å². The third-order valence-electron chi connectivity index (χ3n) is 3.26. The molecular weight excluding hydrogens is 299 g/mol. The van der Waals surface area contributed by atoms with Crippen LogP contribution in [0.25, 0.3) is 0 Å². The van der Waals surface area contributed by atoms with Crippen molar-refractivity contribution in [1.29, 1.82) is 0 Å². The predicted molar refractivity (Wildman–Crippen MR) is 77.9 cm³/mol. The summed E-state index contributed by atoms with van der Waals surface area (Å²) < 4.78 is 40.6. The van der Waals surface area contributed by atoms with Crippen molar-refractivity contribution in [2.24, 2.45) is 0 Å². The highest BCUT2D eigenvalue weighted by Crippen LogP contribution is 2.28. The average molecular weight is 314 g/mol. The molecule has 0 fully saturated rings. The van der Waals surface area contributed by atoms with E-state index in [-0.39, 0.29) is 17.0 Å². The van der Waals surface area contributed by atoms with Gasteiger partial charge in [-0.3, -0.25) is 0 Å². The maximum atomic E-state index is 13.8. The van der Waals surface area contributed by atoms with Gasteiger partial charge in [-0.2, -0.15) is 0 Å². The van der Waals surface area contributed by atoms with Crippen LogP contribution in [0.1, 0.15) is 24.1 Å². The third-order valence-corrected chi connectivity index (χ3v) is 3.66. The molecule has 21 heavy (non-hydrogen) atoms. The summed E-state index contributed by atoms with van der Waals surface area (Å²) >= 11 is 5.98. The Kier molecular flexibility index (Phi) is 5.26. The first-order chi connectivity index (χ1) is 10.0. The number of likely N-dealkylation sites (N-methyl/N-ethyl adjacent to an activating group) is 1. The third kappa shape index (κ3) is 3.57. The van der Waals surface area contributed by atoms with Crippen molar-refractivity contribution < 1.29 is 13.2 Å². The maximum Gasteiger partial charge on any atom is 0.162 e. The molecule has 2 aromatic rings. The summed E-state index contributed by atoms with van der Waals surface area (Å²) in [7, 11) is 0. The van der Waals surface area contributed by atoms with Gasteiger partial charge in [0.25, 0.3) is 0 Å². The molecule has 1 atom stereocenters. The predicted octanol–water partition coefficient (Wildman–Crippen LogP) is 4.65. The zero-order valence-corrected chi connectivity index (χ0v) is 12.2.